The highest BCUT2D eigenvalue weighted by atomic mass is 35.5. The topological polar surface area (TPSA) is 12.0 Å². The zero-order valence-corrected chi connectivity index (χ0v) is 8.95. The number of rotatable bonds is 2. The fourth-order valence-electron chi connectivity index (χ4n) is 1.30. The first-order chi connectivity index (χ1) is 5.90. The van der Waals surface area contributed by atoms with Crippen molar-refractivity contribution in [3.63, 3.8) is 0 Å². The maximum absolute atomic E-state index is 3.16. The Balaban J connectivity index is 0.000000845. The molecule has 0 radical (unpaired) electrons. The molecule has 2 rings (SSSR count). The number of benzene rings is 1. The number of fused-ring (bicyclic) bond motifs is 1. The third-order valence-corrected chi connectivity index (χ3v) is 2.94. The van der Waals surface area contributed by atoms with E-state index in [-0.39, 0.29) is 12.4 Å². The van der Waals surface area contributed by atoms with Crippen molar-refractivity contribution < 1.29 is 12.4 Å². The van der Waals surface area contributed by atoms with Gasteiger partial charge in [0.25, 0.3) is 0 Å². The summed E-state index contributed by atoms with van der Waals surface area (Å²) in [5, 5.41) is 4.51. The summed E-state index contributed by atoms with van der Waals surface area (Å²) in [6.45, 7) is 0.972. The van der Waals surface area contributed by atoms with Gasteiger partial charge in [-0.25, -0.2) is 0 Å². The first kappa shape index (κ1) is 10.5. The SMILES string of the molecule is CNCc1cc2ccccc2s1.[Cl-]. The Bertz CT molecular complexity index is 350. The van der Waals surface area contributed by atoms with Gasteiger partial charge in [-0.05, 0) is 24.6 Å². The van der Waals surface area contributed by atoms with E-state index in [1.54, 1.807) is 0 Å². The summed E-state index contributed by atoms with van der Waals surface area (Å²) in [6, 6.07) is 10.7. The minimum absolute atomic E-state index is 0. The van der Waals surface area contributed by atoms with Crippen LogP contribution in [0.1, 0.15) is 4.88 Å². The summed E-state index contributed by atoms with van der Waals surface area (Å²) in [4.78, 5) is 1.40. The predicted octanol–water partition coefficient (Wildman–Crippen LogP) is -0.375. The van der Waals surface area contributed by atoms with Crippen LogP contribution in [0.25, 0.3) is 10.1 Å². The fraction of sp³-hybridized carbons (Fsp3) is 0.200. The number of nitrogens with one attached hydrogen (secondary N) is 1. The molecule has 1 heterocycles. The molecule has 1 nitrogen and oxygen atoms in total. The molecule has 1 N–H and O–H groups in total. The average Bonchev–Trinajstić information content (AvgIpc) is 2.47. The first-order valence-electron chi connectivity index (χ1n) is 4.02. The van der Waals surface area contributed by atoms with Crippen molar-refractivity contribution in [2.45, 2.75) is 6.54 Å². The van der Waals surface area contributed by atoms with E-state index in [1.165, 1.54) is 15.0 Å². The molecule has 0 spiro atoms. The molecule has 0 saturated carbocycles. The van der Waals surface area contributed by atoms with Gasteiger partial charge in [0.15, 0.2) is 0 Å². The molecule has 0 aliphatic carbocycles. The highest BCUT2D eigenvalue weighted by Gasteiger charge is 1.98. The molecule has 13 heavy (non-hydrogen) atoms. The van der Waals surface area contributed by atoms with Gasteiger partial charge in [-0.2, -0.15) is 0 Å². The summed E-state index contributed by atoms with van der Waals surface area (Å²) in [7, 11) is 1.98. The molecular formula is C10H11ClNS-. The molecule has 1 aromatic carbocycles. The number of hydrogen-bond donors (Lipinski definition) is 1. The molecule has 0 fully saturated rings. The molecule has 0 unspecified atom stereocenters. The van der Waals surface area contributed by atoms with Crippen LogP contribution in [-0.4, -0.2) is 7.05 Å². The van der Waals surface area contributed by atoms with Gasteiger partial charge in [0.05, 0.1) is 0 Å². The standard InChI is InChI=1S/C10H11NS.ClH/c1-11-7-9-6-8-4-2-3-5-10(8)12-9;/h2-6,11H,7H2,1H3;1H/p-1. The van der Waals surface area contributed by atoms with Crippen LogP contribution in [0.2, 0.25) is 0 Å². The molecule has 0 aliphatic rings. The van der Waals surface area contributed by atoms with Crippen molar-refractivity contribution in [1.29, 1.82) is 0 Å². The Labute approximate surface area is 88.2 Å². The molecule has 1 aromatic heterocycles. The minimum atomic E-state index is 0. The van der Waals surface area contributed by atoms with Crippen molar-refractivity contribution in [3.05, 3.63) is 35.2 Å². The summed E-state index contributed by atoms with van der Waals surface area (Å²) in [6.07, 6.45) is 0. The Kier molecular flexibility index (Phi) is 3.72. The number of halogens is 1. The van der Waals surface area contributed by atoms with Crippen molar-refractivity contribution >= 4 is 21.4 Å². The summed E-state index contributed by atoms with van der Waals surface area (Å²) in [5.41, 5.74) is 0. The Morgan fingerprint density at radius 1 is 1.31 bits per heavy atom. The van der Waals surface area contributed by atoms with Gasteiger partial charge in [0, 0.05) is 16.1 Å². The first-order valence-corrected chi connectivity index (χ1v) is 4.84. The molecule has 0 amide bonds. The third kappa shape index (κ3) is 2.21. The van der Waals surface area contributed by atoms with Crippen LogP contribution in [0.4, 0.5) is 0 Å². The molecule has 0 bridgehead atoms. The lowest BCUT2D eigenvalue weighted by molar-refractivity contribution is -0.00000233. The van der Waals surface area contributed by atoms with E-state index in [4.69, 9.17) is 0 Å². The Morgan fingerprint density at radius 2 is 2.08 bits per heavy atom. The molecule has 0 saturated heterocycles. The largest absolute Gasteiger partial charge is 1.00 e. The molecule has 70 valence electrons. The fourth-order valence-corrected chi connectivity index (χ4v) is 2.37. The van der Waals surface area contributed by atoms with Gasteiger partial charge >= 0.3 is 0 Å². The Morgan fingerprint density at radius 3 is 2.77 bits per heavy atom. The van der Waals surface area contributed by atoms with E-state index >= 15 is 0 Å². The predicted molar refractivity (Wildman–Crippen MR) is 54.6 cm³/mol. The van der Waals surface area contributed by atoms with Gasteiger partial charge in [-0.3, -0.25) is 0 Å². The number of thiophene rings is 1. The van der Waals surface area contributed by atoms with E-state index in [0.29, 0.717) is 0 Å². The van der Waals surface area contributed by atoms with Crippen LogP contribution in [-0.2, 0) is 6.54 Å². The van der Waals surface area contributed by atoms with Crippen molar-refractivity contribution in [3.8, 4) is 0 Å². The number of hydrogen-bond acceptors (Lipinski definition) is 2. The van der Waals surface area contributed by atoms with Crippen LogP contribution in [0.3, 0.4) is 0 Å². The molecule has 2 aromatic rings. The molecule has 3 heteroatoms. The third-order valence-electron chi connectivity index (χ3n) is 1.83. The zero-order valence-electron chi connectivity index (χ0n) is 7.38. The monoisotopic (exact) mass is 212 g/mol. The minimum Gasteiger partial charge on any atom is -1.00 e. The van der Waals surface area contributed by atoms with Crippen LogP contribution >= 0.6 is 11.3 Å². The second kappa shape index (κ2) is 4.61. The average molecular weight is 213 g/mol. The lowest BCUT2D eigenvalue weighted by Crippen LogP contribution is -3.00. The highest BCUT2D eigenvalue weighted by Crippen LogP contribution is 2.24. The van der Waals surface area contributed by atoms with Crippen molar-refractivity contribution in [2.75, 3.05) is 7.05 Å². The molecule has 0 aliphatic heterocycles. The molecule has 0 atom stereocenters. The lowest BCUT2D eigenvalue weighted by atomic mass is 10.2. The summed E-state index contributed by atoms with van der Waals surface area (Å²) in [5.74, 6) is 0. The lowest BCUT2D eigenvalue weighted by Gasteiger charge is -1.89. The molecular weight excluding hydrogens is 202 g/mol. The van der Waals surface area contributed by atoms with Gasteiger partial charge in [-0.15, -0.1) is 11.3 Å². The second-order valence-electron chi connectivity index (χ2n) is 2.78. The normalized spacial score (nSPS) is 9.92. The quantitative estimate of drug-likeness (QED) is 0.716. The van der Waals surface area contributed by atoms with E-state index in [0.717, 1.165) is 6.54 Å². The van der Waals surface area contributed by atoms with Gasteiger partial charge < -0.3 is 17.7 Å². The van der Waals surface area contributed by atoms with Crippen molar-refractivity contribution in [1.82, 2.24) is 5.32 Å². The maximum Gasteiger partial charge on any atom is 0.0346 e. The van der Waals surface area contributed by atoms with Crippen LogP contribution in [0.15, 0.2) is 30.3 Å². The maximum atomic E-state index is 3.16. The van der Waals surface area contributed by atoms with E-state index in [9.17, 15) is 0 Å². The Hall–Kier alpha value is -0.570. The second-order valence-corrected chi connectivity index (χ2v) is 3.95. The highest BCUT2D eigenvalue weighted by molar-refractivity contribution is 7.19. The van der Waals surface area contributed by atoms with Crippen LogP contribution in [0.5, 0.6) is 0 Å². The van der Waals surface area contributed by atoms with Crippen molar-refractivity contribution in [2.24, 2.45) is 0 Å². The van der Waals surface area contributed by atoms with E-state index < -0.39 is 0 Å². The van der Waals surface area contributed by atoms with Crippen LogP contribution in [0, 0.1) is 0 Å². The summed E-state index contributed by atoms with van der Waals surface area (Å²) < 4.78 is 1.38. The summed E-state index contributed by atoms with van der Waals surface area (Å²) >= 11 is 1.86. The zero-order chi connectivity index (χ0) is 8.39. The van der Waals surface area contributed by atoms with Crippen LogP contribution < -0.4 is 17.7 Å². The smallest absolute Gasteiger partial charge is 0.0346 e. The van der Waals surface area contributed by atoms with Gasteiger partial charge in [0.2, 0.25) is 0 Å². The van der Waals surface area contributed by atoms with E-state index in [2.05, 4.69) is 35.6 Å². The van der Waals surface area contributed by atoms with Gasteiger partial charge in [0.1, 0.15) is 0 Å². The van der Waals surface area contributed by atoms with Gasteiger partial charge in [-0.1, -0.05) is 18.2 Å². The van der Waals surface area contributed by atoms with E-state index in [1.807, 2.05) is 18.4 Å².